The molecule has 0 aliphatic rings. The van der Waals surface area contributed by atoms with Gasteiger partial charge >= 0.3 is 5.69 Å². The van der Waals surface area contributed by atoms with Gasteiger partial charge in [-0.25, -0.2) is 0 Å². The molecule has 0 aliphatic heterocycles. The van der Waals surface area contributed by atoms with Crippen LogP contribution in [0.1, 0.15) is 10.4 Å². The molecule has 0 aromatic heterocycles. The van der Waals surface area contributed by atoms with E-state index < -0.39 is 10.8 Å². The lowest BCUT2D eigenvalue weighted by Crippen LogP contribution is -2.34. The van der Waals surface area contributed by atoms with E-state index in [4.69, 9.17) is 21.7 Å². The van der Waals surface area contributed by atoms with E-state index in [1.807, 2.05) is 0 Å². The molecule has 1 amide bonds. The van der Waals surface area contributed by atoms with E-state index in [9.17, 15) is 14.9 Å². The number of hydrogen-bond acceptors (Lipinski definition) is 6. The fourth-order valence-corrected chi connectivity index (χ4v) is 2.25. The third kappa shape index (κ3) is 4.42. The number of carbonyl (C=O) groups excluding carboxylic acids is 1. The Labute approximate surface area is 148 Å². The van der Waals surface area contributed by atoms with Crippen LogP contribution in [-0.4, -0.2) is 30.2 Å². The normalized spacial score (nSPS) is 9.84. The second-order valence-corrected chi connectivity index (χ2v) is 5.16. The van der Waals surface area contributed by atoms with Gasteiger partial charge in [0.25, 0.3) is 5.91 Å². The summed E-state index contributed by atoms with van der Waals surface area (Å²) >= 11 is 5.10. The summed E-state index contributed by atoms with van der Waals surface area (Å²) in [4.78, 5) is 22.6. The van der Waals surface area contributed by atoms with Gasteiger partial charge in [-0.2, -0.15) is 0 Å². The minimum absolute atomic E-state index is 0.0352. The number of para-hydroxylation sites is 2. The summed E-state index contributed by atoms with van der Waals surface area (Å²) in [5.74, 6) is 0.0357. The van der Waals surface area contributed by atoms with Crippen molar-refractivity contribution in [3.8, 4) is 11.5 Å². The van der Waals surface area contributed by atoms with Gasteiger partial charge in [-0.15, -0.1) is 0 Å². The topological polar surface area (TPSA) is 103 Å². The lowest BCUT2D eigenvalue weighted by atomic mass is 10.1. The molecule has 0 atom stereocenters. The van der Waals surface area contributed by atoms with Gasteiger partial charge < -0.3 is 14.8 Å². The van der Waals surface area contributed by atoms with Gasteiger partial charge in [0.05, 0.1) is 24.8 Å². The third-order valence-electron chi connectivity index (χ3n) is 3.22. The smallest absolute Gasteiger partial charge is 0.311 e. The summed E-state index contributed by atoms with van der Waals surface area (Å²) in [6, 6.07) is 10.9. The first-order valence-electron chi connectivity index (χ1n) is 7.04. The first-order chi connectivity index (χ1) is 12.0. The number of anilines is 1. The van der Waals surface area contributed by atoms with Gasteiger partial charge in [0, 0.05) is 11.6 Å². The maximum atomic E-state index is 12.2. The first-order valence-corrected chi connectivity index (χ1v) is 7.45. The molecule has 0 saturated carbocycles. The van der Waals surface area contributed by atoms with Crippen molar-refractivity contribution in [2.75, 3.05) is 19.5 Å². The number of nitrogens with one attached hydrogen (secondary N) is 2. The number of nitrogens with zero attached hydrogens (tertiary/aromatic N) is 1. The Morgan fingerprint density at radius 1 is 1.12 bits per heavy atom. The molecule has 130 valence electrons. The Kier molecular flexibility index (Phi) is 5.85. The predicted octanol–water partition coefficient (Wildman–Crippen LogP) is 2.74. The lowest BCUT2D eigenvalue weighted by Gasteiger charge is -2.12. The van der Waals surface area contributed by atoms with Crippen molar-refractivity contribution >= 4 is 34.6 Å². The average molecular weight is 361 g/mol. The Balaban J connectivity index is 2.12. The average Bonchev–Trinajstić information content (AvgIpc) is 2.61. The van der Waals surface area contributed by atoms with Gasteiger partial charge in [0.15, 0.2) is 10.9 Å². The molecule has 0 radical (unpaired) electrons. The lowest BCUT2D eigenvalue weighted by molar-refractivity contribution is -0.385. The van der Waals surface area contributed by atoms with Crippen molar-refractivity contribution < 1.29 is 19.2 Å². The molecule has 0 unspecified atom stereocenters. The molecule has 0 spiro atoms. The third-order valence-corrected chi connectivity index (χ3v) is 3.42. The van der Waals surface area contributed by atoms with Gasteiger partial charge in [-0.1, -0.05) is 12.1 Å². The molecule has 25 heavy (non-hydrogen) atoms. The SMILES string of the molecule is COc1ccccc1NC(=S)NC(=O)c1ccc(OC)c([N+](=O)[O-])c1. The zero-order chi connectivity index (χ0) is 18.4. The van der Waals surface area contributed by atoms with Crippen LogP contribution in [0.4, 0.5) is 11.4 Å². The van der Waals surface area contributed by atoms with E-state index in [0.717, 1.165) is 6.07 Å². The quantitative estimate of drug-likeness (QED) is 0.479. The Morgan fingerprint density at radius 2 is 1.80 bits per heavy atom. The van der Waals surface area contributed by atoms with Crippen LogP contribution in [0.15, 0.2) is 42.5 Å². The number of nitro benzene ring substituents is 1. The van der Waals surface area contributed by atoms with E-state index in [1.165, 1.54) is 26.4 Å². The van der Waals surface area contributed by atoms with Crippen LogP contribution in [0.3, 0.4) is 0 Å². The van der Waals surface area contributed by atoms with Crippen molar-refractivity contribution in [2.45, 2.75) is 0 Å². The van der Waals surface area contributed by atoms with Crippen molar-refractivity contribution in [1.82, 2.24) is 5.32 Å². The highest BCUT2D eigenvalue weighted by molar-refractivity contribution is 7.80. The highest BCUT2D eigenvalue weighted by Gasteiger charge is 2.18. The second-order valence-electron chi connectivity index (χ2n) is 4.75. The zero-order valence-electron chi connectivity index (χ0n) is 13.4. The largest absolute Gasteiger partial charge is 0.495 e. The molecule has 2 aromatic rings. The highest BCUT2D eigenvalue weighted by Crippen LogP contribution is 2.27. The highest BCUT2D eigenvalue weighted by atomic mass is 32.1. The van der Waals surface area contributed by atoms with Crippen LogP contribution in [0.25, 0.3) is 0 Å². The van der Waals surface area contributed by atoms with Crippen LogP contribution < -0.4 is 20.1 Å². The van der Waals surface area contributed by atoms with E-state index in [-0.39, 0.29) is 22.1 Å². The number of hydrogen-bond donors (Lipinski definition) is 2. The van der Waals surface area contributed by atoms with Crippen molar-refractivity contribution in [3.63, 3.8) is 0 Å². The van der Waals surface area contributed by atoms with E-state index in [2.05, 4.69) is 10.6 Å². The number of benzene rings is 2. The molecule has 0 heterocycles. The maximum Gasteiger partial charge on any atom is 0.311 e. The predicted molar refractivity (Wildman–Crippen MR) is 96.3 cm³/mol. The molecule has 2 rings (SSSR count). The standard InChI is InChI=1S/C16H15N3O5S/c1-23-13-6-4-3-5-11(13)17-16(25)18-15(20)10-7-8-14(24-2)12(9-10)19(21)22/h3-9H,1-2H3,(H2,17,18,20,25). The van der Waals surface area contributed by atoms with E-state index >= 15 is 0 Å². The first kappa shape index (κ1) is 18.1. The molecule has 2 aromatic carbocycles. The molecule has 0 bridgehead atoms. The molecular formula is C16H15N3O5S. The fraction of sp³-hybridized carbons (Fsp3) is 0.125. The summed E-state index contributed by atoms with van der Waals surface area (Å²) in [5, 5.41) is 16.4. The molecule has 0 aliphatic carbocycles. The minimum Gasteiger partial charge on any atom is -0.495 e. The van der Waals surface area contributed by atoms with Gasteiger partial charge in [-0.3, -0.25) is 20.2 Å². The number of amides is 1. The van der Waals surface area contributed by atoms with Crippen LogP contribution in [0, 0.1) is 10.1 Å². The number of ether oxygens (including phenoxy) is 2. The Morgan fingerprint density at radius 3 is 2.44 bits per heavy atom. The number of rotatable bonds is 5. The summed E-state index contributed by atoms with van der Waals surface area (Å²) in [7, 11) is 2.83. The monoisotopic (exact) mass is 361 g/mol. The molecule has 8 nitrogen and oxygen atoms in total. The van der Waals surface area contributed by atoms with Crippen molar-refractivity contribution in [2.24, 2.45) is 0 Å². The number of thiocarbonyl (C=S) groups is 1. The number of nitro groups is 1. The fourth-order valence-electron chi connectivity index (χ4n) is 2.05. The molecule has 0 saturated heterocycles. The van der Waals surface area contributed by atoms with Crippen molar-refractivity contribution in [1.29, 1.82) is 0 Å². The molecule has 0 fully saturated rings. The van der Waals surface area contributed by atoms with Crippen LogP contribution >= 0.6 is 12.2 Å². The maximum absolute atomic E-state index is 12.2. The molecule has 9 heteroatoms. The minimum atomic E-state index is -0.624. The second kappa shape index (κ2) is 8.06. The number of methoxy groups -OCH3 is 2. The van der Waals surface area contributed by atoms with Crippen molar-refractivity contribution in [3.05, 3.63) is 58.1 Å². The van der Waals surface area contributed by atoms with Gasteiger partial charge in [0.1, 0.15) is 5.75 Å². The Bertz CT molecular complexity index is 825. The van der Waals surface area contributed by atoms with Crippen LogP contribution in [0.2, 0.25) is 0 Å². The summed E-state index contributed by atoms with van der Waals surface area (Å²) < 4.78 is 10.1. The summed E-state index contributed by atoms with van der Waals surface area (Å²) in [6.45, 7) is 0. The van der Waals surface area contributed by atoms with Gasteiger partial charge in [-0.05, 0) is 36.5 Å². The van der Waals surface area contributed by atoms with E-state index in [1.54, 1.807) is 24.3 Å². The summed E-state index contributed by atoms with van der Waals surface area (Å²) in [5.41, 5.74) is 0.353. The van der Waals surface area contributed by atoms with Crippen LogP contribution in [-0.2, 0) is 0 Å². The molecule has 2 N–H and O–H groups in total. The summed E-state index contributed by atoms with van der Waals surface area (Å²) in [6.07, 6.45) is 0. The Hall–Kier alpha value is -3.20. The van der Waals surface area contributed by atoms with Gasteiger partial charge in [0.2, 0.25) is 0 Å². The molecular weight excluding hydrogens is 346 g/mol. The number of carbonyl (C=O) groups is 1. The zero-order valence-corrected chi connectivity index (χ0v) is 14.3. The van der Waals surface area contributed by atoms with Crippen LogP contribution in [0.5, 0.6) is 11.5 Å². The van der Waals surface area contributed by atoms with E-state index in [0.29, 0.717) is 11.4 Å².